The van der Waals surface area contributed by atoms with Gasteiger partial charge < -0.3 is 5.32 Å². The molecule has 1 N–H and O–H groups in total. The minimum Gasteiger partial charge on any atom is -0.311 e. The molecule has 1 fully saturated rings. The molecule has 2 nitrogen and oxygen atoms in total. The van der Waals surface area contributed by atoms with Gasteiger partial charge >= 0.3 is 0 Å². The molecule has 0 saturated carbocycles. The van der Waals surface area contributed by atoms with E-state index in [1.54, 1.807) is 0 Å². The zero-order valence-electron chi connectivity index (χ0n) is 12.6. The number of hydrogen-bond acceptors (Lipinski definition) is 2. The van der Waals surface area contributed by atoms with Crippen LogP contribution in [0, 0.1) is 5.92 Å². The molecule has 0 amide bonds. The summed E-state index contributed by atoms with van der Waals surface area (Å²) < 4.78 is 0. The van der Waals surface area contributed by atoms with E-state index in [1.807, 2.05) is 0 Å². The Balaban J connectivity index is 2.41. The molecule has 1 heterocycles. The van der Waals surface area contributed by atoms with E-state index in [1.165, 1.54) is 38.8 Å². The molecule has 1 rings (SSSR count). The van der Waals surface area contributed by atoms with E-state index in [9.17, 15) is 0 Å². The van der Waals surface area contributed by atoms with Gasteiger partial charge in [-0.2, -0.15) is 0 Å². The first-order valence-corrected chi connectivity index (χ1v) is 7.44. The van der Waals surface area contributed by atoms with Crippen molar-refractivity contribution < 1.29 is 0 Å². The summed E-state index contributed by atoms with van der Waals surface area (Å²) in [6, 6.07) is 0.715. The van der Waals surface area contributed by atoms with E-state index >= 15 is 0 Å². The van der Waals surface area contributed by atoms with Crippen LogP contribution in [0.4, 0.5) is 0 Å². The van der Waals surface area contributed by atoms with Gasteiger partial charge in [0.05, 0.1) is 0 Å². The molecule has 0 spiro atoms. The maximum Gasteiger partial charge on any atom is 0.0278 e. The topological polar surface area (TPSA) is 15.3 Å². The Morgan fingerprint density at radius 1 is 1.35 bits per heavy atom. The van der Waals surface area contributed by atoms with Crippen LogP contribution in [0.3, 0.4) is 0 Å². The molecular formula is C15H32N2. The van der Waals surface area contributed by atoms with Crippen molar-refractivity contribution in [1.82, 2.24) is 10.2 Å². The molecular weight excluding hydrogens is 208 g/mol. The lowest BCUT2D eigenvalue weighted by molar-refractivity contribution is 0.0613. The molecule has 1 aliphatic rings. The normalized spacial score (nSPS) is 25.4. The maximum absolute atomic E-state index is 3.70. The van der Waals surface area contributed by atoms with Gasteiger partial charge in [0, 0.05) is 24.7 Å². The highest BCUT2D eigenvalue weighted by Crippen LogP contribution is 2.21. The lowest BCUT2D eigenvalue weighted by Crippen LogP contribution is -2.61. The van der Waals surface area contributed by atoms with Gasteiger partial charge in [-0.15, -0.1) is 0 Å². The summed E-state index contributed by atoms with van der Waals surface area (Å²) in [5, 5.41) is 3.70. The van der Waals surface area contributed by atoms with E-state index in [0.29, 0.717) is 11.6 Å². The fraction of sp³-hybridized carbons (Fsp3) is 1.00. The molecule has 102 valence electrons. The fourth-order valence-corrected chi connectivity index (χ4v) is 2.71. The number of nitrogens with zero attached hydrogens (tertiary/aromatic N) is 1. The van der Waals surface area contributed by atoms with E-state index in [4.69, 9.17) is 0 Å². The van der Waals surface area contributed by atoms with Gasteiger partial charge in [-0.25, -0.2) is 0 Å². The van der Waals surface area contributed by atoms with Crippen molar-refractivity contribution in [3.8, 4) is 0 Å². The zero-order chi connectivity index (χ0) is 12.9. The average molecular weight is 240 g/mol. The van der Waals surface area contributed by atoms with Gasteiger partial charge in [-0.3, -0.25) is 4.90 Å². The van der Waals surface area contributed by atoms with Crippen LogP contribution in [0.1, 0.15) is 60.3 Å². The Morgan fingerprint density at radius 3 is 2.65 bits per heavy atom. The quantitative estimate of drug-likeness (QED) is 0.766. The fourth-order valence-electron chi connectivity index (χ4n) is 2.71. The molecule has 1 atom stereocenters. The van der Waals surface area contributed by atoms with Gasteiger partial charge in [0.15, 0.2) is 0 Å². The third-order valence-corrected chi connectivity index (χ3v) is 3.97. The number of hydrogen-bond donors (Lipinski definition) is 1. The summed E-state index contributed by atoms with van der Waals surface area (Å²) in [4.78, 5) is 2.70. The molecule has 0 bridgehead atoms. The Morgan fingerprint density at radius 2 is 2.06 bits per heavy atom. The van der Waals surface area contributed by atoms with Gasteiger partial charge in [-0.05, 0) is 45.6 Å². The molecule has 0 aliphatic carbocycles. The largest absolute Gasteiger partial charge is 0.311 e. The predicted octanol–water partition coefficient (Wildman–Crippen LogP) is 3.28. The monoisotopic (exact) mass is 240 g/mol. The standard InChI is InChI=1S/C15H32N2/c1-6-8-14-11-17(10-7-9-13(2)3)15(4,5)12-16-14/h13-14,16H,6-12H2,1-5H3. The minimum absolute atomic E-state index is 0.335. The Bertz CT molecular complexity index is 211. The van der Waals surface area contributed by atoms with Gasteiger partial charge in [-0.1, -0.05) is 27.2 Å². The number of piperazine rings is 1. The Labute approximate surface area is 108 Å². The van der Waals surface area contributed by atoms with Gasteiger partial charge in [0.1, 0.15) is 0 Å². The highest BCUT2D eigenvalue weighted by Gasteiger charge is 2.32. The van der Waals surface area contributed by atoms with Gasteiger partial charge in [0.2, 0.25) is 0 Å². The van der Waals surface area contributed by atoms with E-state index in [0.717, 1.165) is 12.5 Å². The van der Waals surface area contributed by atoms with Crippen LogP contribution in [0.2, 0.25) is 0 Å². The van der Waals surface area contributed by atoms with Crippen molar-refractivity contribution in [3.05, 3.63) is 0 Å². The van der Waals surface area contributed by atoms with Crippen molar-refractivity contribution in [1.29, 1.82) is 0 Å². The first-order valence-electron chi connectivity index (χ1n) is 7.44. The smallest absolute Gasteiger partial charge is 0.0278 e. The van der Waals surface area contributed by atoms with Crippen LogP contribution in [-0.2, 0) is 0 Å². The van der Waals surface area contributed by atoms with Crippen LogP contribution in [0.15, 0.2) is 0 Å². The van der Waals surface area contributed by atoms with Crippen molar-refractivity contribution in [2.45, 2.75) is 71.9 Å². The van der Waals surface area contributed by atoms with Crippen molar-refractivity contribution in [2.24, 2.45) is 5.92 Å². The summed E-state index contributed by atoms with van der Waals surface area (Å²) >= 11 is 0. The van der Waals surface area contributed by atoms with Crippen LogP contribution < -0.4 is 5.32 Å². The molecule has 0 aromatic carbocycles. The van der Waals surface area contributed by atoms with E-state index in [-0.39, 0.29) is 0 Å². The molecule has 1 saturated heterocycles. The zero-order valence-corrected chi connectivity index (χ0v) is 12.6. The third-order valence-electron chi connectivity index (χ3n) is 3.97. The van der Waals surface area contributed by atoms with Crippen LogP contribution >= 0.6 is 0 Å². The highest BCUT2D eigenvalue weighted by molar-refractivity contribution is 4.92. The minimum atomic E-state index is 0.335. The summed E-state index contributed by atoms with van der Waals surface area (Å²) in [6.07, 6.45) is 5.31. The lowest BCUT2D eigenvalue weighted by atomic mass is 9.95. The third kappa shape index (κ3) is 4.97. The molecule has 0 aromatic rings. The van der Waals surface area contributed by atoms with Crippen LogP contribution in [0.25, 0.3) is 0 Å². The molecule has 2 heteroatoms. The van der Waals surface area contributed by atoms with Crippen molar-refractivity contribution in [2.75, 3.05) is 19.6 Å². The first kappa shape index (κ1) is 15.0. The molecule has 17 heavy (non-hydrogen) atoms. The second-order valence-electron chi connectivity index (χ2n) is 6.66. The Hall–Kier alpha value is -0.0800. The predicted molar refractivity (Wildman–Crippen MR) is 76.4 cm³/mol. The van der Waals surface area contributed by atoms with E-state index in [2.05, 4.69) is 44.8 Å². The van der Waals surface area contributed by atoms with Crippen molar-refractivity contribution >= 4 is 0 Å². The SMILES string of the molecule is CCCC1CN(CCCC(C)C)C(C)(C)CN1. The van der Waals surface area contributed by atoms with Crippen molar-refractivity contribution in [3.63, 3.8) is 0 Å². The molecule has 1 aliphatic heterocycles. The number of nitrogens with one attached hydrogen (secondary N) is 1. The highest BCUT2D eigenvalue weighted by atomic mass is 15.3. The second kappa shape index (κ2) is 6.75. The molecule has 0 aromatic heterocycles. The van der Waals surface area contributed by atoms with E-state index < -0.39 is 0 Å². The van der Waals surface area contributed by atoms with Crippen LogP contribution in [-0.4, -0.2) is 36.1 Å². The van der Waals surface area contributed by atoms with Crippen LogP contribution in [0.5, 0.6) is 0 Å². The van der Waals surface area contributed by atoms with Gasteiger partial charge in [0.25, 0.3) is 0 Å². The summed E-state index contributed by atoms with van der Waals surface area (Å²) in [7, 11) is 0. The lowest BCUT2D eigenvalue weighted by Gasteiger charge is -2.46. The maximum atomic E-state index is 3.70. The summed E-state index contributed by atoms with van der Waals surface area (Å²) in [5.74, 6) is 0.840. The second-order valence-corrected chi connectivity index (χ2v) is 6.66. The summed E-state index contributed by atoms with van der Waals surface area (Å²) in [6.45, 7) is 15.3. The molecule has 1 unspecified atom stereocenters. The average Bonchev–Trinajstić information content (AvgIpc) is 2.22. The number of rotatable bonds is 6. The first-order chi connectivity index (χ1) is 7.95. The summed E-state index contributed by atoms with van der Waals surface area (Å²) in [5.41, 5.74) is 0.335. The molecule has 0 radical (unpaired) electrons. The Kier molecular flexibility index (Phi) is 5.94.